The third kappa shape index (κ3) is 3.95. The monoisotopic (exact) mass is 304 g/mol. The third-order valence-corrected chi connectivity index (χ3v) is 3.39. The van der Waals surface area contributed by atoms with E-state index in [-0.39, 0.29) is 18.5 Å². The summed E-state index contributed by atoms with van der Waals surface area (Å²) in [6.07, 6.45) is 2.03. The molecule has 118 valence electrons. The van der Waals surface area contributed by atoms with Gasteiger partial charge in [-0.25, -0.2) is 4.39 Å². The van der Waals surface area contributed by atoms with Gasteiger partial charge in [0.1, 0.15) is 11.6 Å². The number of anilines is 1. The zero-order chi connectivity index (χ0) is 15.9. The highest BCUT2D eigenvalue weighted by Crippen LogP contribution is 2.26. The van der Waals surface area contributed by atoms with Crippen molar-refractivity contribution >= 4 is 5.69 Å². The third-order valence-electron chi connectivity index (χ3n) is 3.39. The standard InChI is InChI=1S/C17H21FN2O2/c1-3-15(16-7-5-13(18)10-19-16)20-14-6-8-17(22-4-2)12(9-14)11-21/h5-10,15,20-21H,3-4,11H2,1-2H3. The van der Waals surface area contributed by atoms with Gasteiger partial charge in [0.15, 0.2) is 0 Å². The van der Waals surface area contributed by atoms with Crippen molar-refractivity contribution in [2.75, 3.05) is 11.9 Å². The van der Waals surface area contributed by atoms with Crippen LogP contribution >= 0.6 is 0 Å². The minimum atomic E-state index is -0.345. The van der Waals surface area contributed by atoms with E-state index in [0.717, 1.165) is 23.4 Å². The smallest absolute Gasteiger partial charge is 0.141 e. The second-order valence-corrected chi connectivity index (χ2v) is 4.92. The van der Waals surface area contributed by atoms with Crippen molar-refractivity contribution < 1.29 is 14.2 Å². The second kappa shape index (κ2) is 7.75. The van der Waals surface area contributed by atoms with Gasteiger partial charge in [0.2, 0.25) is 0 Å². The van der Waals surface area contributed by atoms with Crippen molar-refractivity contribution in [2.24, 2.45) is 0 Å². The second-order valence-electron chi connectivity index (χ2n) is 4.92. The fraction of sp³-hybridized carbons (Fsp3) is 0.353. The summed E-state index contributed by atoms with van der Waals surface area (Å²) in [5, 5.41) is 12.8. The average molecular weight is 304 g/mol. The van der Waals surface area contributed by atoms with E-state index < -0.39 is 0 Å². The van der Waals surface area contributed by atoms with Crippen LogP contribution in [0.15, 0.2) is 36.5 Å². The van der Waals surface area contributed by atoms with Crippen molar-refractivity contribution in [3.63, 3.8) is 0 Å². The zero-order valence-corrected chi connectivity index (χ0v) is 12.8. The molecule has 0 amide bonds. The Hall–Kier alpha value is -2.14. The minimum Gasteiger partial charge on any atom is -0.494 e. The molecule has 0 aliphatic rings. The molecule has 0 spiro atoms. The molecule has 0 radical (unpaired) electrons. The lowest BCUT2D eigenvalue weighted by atomic mass is 10.1. The maximum Gasteiger partial charge on any atom is 0.141 e. The van der Waals surface area contributed by atoms with Crippen LogP contribution in [0.25, 0.3) is 0 Å². The molecule has 2 rings (SSSR count). The van der Waals surface area contributed by atoms with E-state index in [4.69, 9.17) is 4.74 Å². The predicted molar refractivity (Wildman–Crippen MR) is 84.4 cm³/mol. The van der Waals surface area contributed by atoms with Gasteiger partial charge < -0.3 is 15.2 Å². The van der Waals surface area contributed by atoms with Gasteiger partial charge in [0, 0.05) is 11.3 Å². The quantitative estimate of drug-likeness (QED) is 0.819. The number of hydrogen-bond acceptors (Lipinski definition) is 4. The van der Waals surface area contributed by atoms with Crippen LogP contribution in [-0.4, -0.2) is 16.7 Å². The Bertz CT molecular complexity index is 602. The summed E-state index contributed by atoms with van der Waals surface area (Å²) in [6.45, 7) is 4.40. The van der Waals surface area contributed by atoms with Crippen LogP contribution < -0.4 is 10.1 Å². The Morgan fingerprint density at radius 1 is 1.27 bits per heavy atom. The van der Waals surface area contributed by atoms with E-state index in [1.807, 2.05) is 32.0 Å². The zero-order valence-electron chi connectivity index (χ0n) is 12.8. The molecular weight excluding hydrogens is 283 g/mol. The topological polar surface area (TPSA) is 54.4 Å². The molecule has 0 bridgehead atoms. The molecule has 22 heavy (non-hydrogen) atoms. The number of aliphatic hydroxyl groups is 1. The van der Waals surface area contributed by atoms with Crippen molar-refractivity contribution in [1.29, 1.82) is 0 Å². The Morgan fingerprint density at radius 2 is 2.09 bits per heavy atom. The number of halogens is 1. The van der Waals surface area contributed by atoms with Gasteiger partial charge in [-0.15, -0.1) is 0 Å². The largest absolute Gasteiger partial charge is 0.494 e. The summed E-state index contributed by atoms with van der Waals surface area (Å²) in [5.74, 6) is 0.339. The van der Waals surface area contributed by atoms with Crippen LogP contribution in [0, 0.1) is 5.82 Å². The van der Waals surface area contributed by atoms with Gasteiger partial charge in [0.25, 0.3) is 0 Å². The molecule has 2 aromatic rings. The summed E-state index contributed by atoms with van der Waals surface area (Å²) in [5.41, 5.74) is 2.38. The predicted octanol–water partition coefficient (Wildman–Crippen LogP) is 3.67. The first-order valence-electron chi connectivity index (χ1n) is 7.42. The summed E-state index contributed by atoms with van der Waals surface area (Å²) >= 11 is 0. The number of ether oxygens (including phenoxy) is 1. The van der Waals surface area contributed by atoms with E-state index in [1.54, 1.807) is 6.07 Å². The van der Waals surface area contributed by atoms with Gasteiger partial charge >= 0.3 is 0 Å². The van der Waals surface area contributed by atoms with E-state index in [1.165, 1.54) is 12.3 Å². The van der Waals surface area contributed by atoms with Gasteiger partial charge in [-0.2, -0.15) is 0 Å². The average Bonchev–Trinajstić information content (AvgIpc) is 2.55. The van der Waals surface area contributed by atoms with Crippen molar-refractivity contribution in [3.05, 3.63) is 53.6 Å². The summed E-state index contributed by atoms with van der Waals surface area (Å²) in [6, 6.07) is 8.66. The van der Waals surface area contributed by atoms with Gasteiger partial charge in [-0.1, -0.05) is 6.92 Å². The highest BCUT2D eigenvalue weighted by atomic mass is 19.1. The molecule has 2 N–H and O–H groups in total. The lowest BCUT2D eigenvalue weighted by Gasteiger charge is -2.19. The number of aromatic nitrogens is 1. The normalized spacial score (nSPS) is 12.0. The van der Waals surface area contributed by atoms with Crippen LogP contribution in [0.1, 0.15) is 37.6 Å². The van der Waals surface area contributed by atoms with Gasteiger partial charge in [-0.3, -0.25) is 4.98 Å². The molecule has 5 heteroatoms. The number of aliphatic hydroxyl groups excluding tert-OH is 1. The molecule has 0 fully saturated rings. The molecule has 1 atom stereocenters. The van der Waals surface area contributed by atoms with Crippen LogP contribution in [0.2, 0.25) is 0 Å². The molecular formula is C17H21FN2O2. The van der Waals surface area contributed by atoms with Gasteiger partial charge in [0.05, 0.1) is 31.1 Å². The van der Waals surface area contributed by atoms with Gasteiger partial charge in [-0.05, 0) is 43.7 Å². The van der Waals surface area contributed by atoms with E-state index >= 15 is 0 Å². The first-order valence-corrected chi connectivity index (χ1v) is 7.42. The Morgan fingerprint density at radius 3 is 2.68 bits per heavy atom. The van der Waals surface area contributed by atoms with E-state index in [9.17, 15) is 9.50 Å². The number of rotatable bonds is 7. The van der Waals surface area contributed by atoms with Crippen LogP contribution in [0.5, 0.6) is 5.75 Å². The molecule has 0 aliphatic carbocycles. The highest BCUT2D eigenvalue weighted by molar-refractivity contribution is 5.52. The number of nitrogens with zero attached hydrogens (tertiary/aromatic N) is 1. The number of benzene rings is 1. The summed E-state index contributed by atoms with van der Waals surface area (Å²) in [7, 11) is 0. The number of nitrogens with one attached hydrogen (secondary N) is 1. The Labute approximate surface area is 130 Å². The SMILES string of the molecule is CCOc1ccc(NC(CC)c2ccc(F)cn2)cc1CO. The first-order chi connectivity index (χ1) is 10.7. The number of pyridine rings is 1. The molecule has 1 heterocycles. The highest BCUT2D eigenvalue weighted by Gasteiger charge is 2.12. The lowest BCUT2D eigenvalue weighted by Crippen LogP contribution is -2.11. The maximum absolute atomic E-state index is 13.0. The molecule has 1 unspecified atom stereocenters. The number of hydrogen-bond donors (Lipinski definition) is 2. The first kappa shape index (κ1) is 16.2. The Balaban J connectivity index is 2.18. The minimum absolute atomic E-state index is 0.0231. The van der Waals surface area contributed by atoms with Crippen molar-refractivity contribution in [1.82, 2.24) is 4.98 Å². The molecule has 1 aromatic heterocycles. The molecule has 1 aromatic carbocycles. The van der Waals surface area contributed by atoms with Crippen LogP contribution in [-0.2, 0) is 6.61 Å². The van der Waals surface area contributed by atoms with E-state index in [2.05, 4.69) is 10.3 Å². The fourth-order valence-electron chi connectivity index (χ4n) is 2.27. The van der Waals surface area contributed by atoms with Crippen molar-refractivity contribution in [3.8, 4) is 5.75 Å². The summed E-state index contributed by atoms with van der Waals surface area (Å²) < 4.78 is 18.4. The maximum atomic E-state index is 13.0. The Kier molecular flexibility index (Phi) is 5.72. The van der Waals surface area contributed by atoms with Crippen LogP contribution in [0.4, 0.5) is 10.1 Å². The van der Waals surface area contributed by atoms with E-state index in [0.29, 0.717) is 12.4 Å². The molecule has 0 saturated heterocycles. The molecule has 0 saturated carbocycles. The fourth-order valence-corrected chi connectivity index (χ4v) is 2.27. The molecule has 0 aliphatic heterocycles. The van der Waals surface area contributed by atoms with Crippen LogP contribution in [0.3, 0.4) is 0 Å². The summed E-state index contributed by atoms with van der Waals surface area (Å²) in [4.78, 5) is 4.12. The molecule has 4 nitrogen and oxygen atoms in total. The lowest BCUT2D eigenvalue weighted by molar-refractivity contribution is 0.267. The van der Waals surface area contributed by atoms with Crippen molar-refractivity contribution in [2.45, 2.75) is 32.9 Å².